The van der Waals surface area contributed by atoms with E-state index >= 15 is 0 Å². The summed E-state index contributed by atoms with van der Waals surface area (Å²) in [5.41, 5.74) is 0.905. The highest BCUT2D eigenvalue weighted by atomic mass is 32.2. The molecule has 0 aromatic heterocycles. The van der Waals surface area contributed by atoms with Crippen molar-refractivity contribution in [3.63, 3.8) is 0 Å². The van der Waals surface area contributed by atoms with Crippen LogP contribution in [-0.4, -0.2) is 43.7 Å². The lowest BCUT2D eigenvalue weighted by molar-refractivity contribution is -0.112. The fourth-order valence-corrected chi connectivity index (χ4v) is 4.43. The van der Waals surface area contributed by atoms with Gasteiger partial charge in [-0.15, -0.1) is 0 Å². The van der Waals surface area contributed by atoms with Crippen molar-refractivity contribution in [2.24, 2.45) is 0 Å². The molecule has 1 aliphatic heterocycles. The van der Waals surface area contributed by atoms with E-state index in [-0.39, 0.29) is 33.0 Å². The summed E-state index contributed by atoms with van der Waals surface area (Å²) in [6, 6.07) is 20.8. The highest BCUT2D eigenvalue weighted by molar-refractivity contribution is 7.89. The van der Waals surface area contributed by atoms with Crippen LogP contribution in [0.4, 0.5) is 5.69 Å². The molecular weight excluding hydrogens is 428 g/mol. The normalized spacial score (nSPS) is 15.1. The number of amides is 2. The van der Waals surface area contributed by atoms with Gasteiger partial charge < -0.3 is 5.11 Å². The second kappa shape index (κ2) is 8.07. The largest absolute Gasteiger partial charge is 0.506 e. The lowest BCUT2D eigenvalue weighted by atomic mass is 10.0. The first-order valence-corrected chi connectivity index (χ1v) is 11.2. The standard InChI is InChI=1S/C24H20N2O5S/c1-25(2)32(30,31)18-13-14-20-19(15-18)21(22(27)16-9-5-3-6-10-16)24(29)26(20)23(28)17-11-7-4-8-12-17/h3-15,27H,1-2H3/b22-21-. The van der Waals surface area contributed by atoms with Crippen molar-refractivity contribution in [2.45, 2.75) is 4.90 Å². The molecule has 7 nitrogen and oxygen atoms in total. The number of anilines is 1. The summed E-state index contributed by atoms with van der Waals surface area (Å²) in [7, 11) is -1.01. The van der Waals surface area contributed by atoms with Gasteiger partial charge in [0.05, 0.1) is 16.2 Å². The van der Waals surface area contributed by atoms with Crippen molar-refractivity contribution < 1.29 is 23.1 Å². The fourth-order valence-electron chi connectivity index (χ4n) is 3.50. The lowest BCUT2D eigenvalue weighted by Gasteiger charge is -2.16. The van der Waals surface area contributed by atoms with Crippen LogP contribution in [-0.2, 0) is 14.8 Å². The minimum absolute atomic E-state index is 0.0542. The zero-order valence-corrected chi connectivity index (χ0v) is 18.2. The Morgan fingerprint density at radius 2 is 1.44 bits per heavy atom. The molecule has 3 aromatic carbocycles. The van der Waals surface area contributed by atoms with Gasteiger partial charge in [0.25, 0.3) is 11.8 Å². The maximum absolute atomic E-state index is 13.4. The third-order valence-corrected chi connectivity index (χ3v) is 6.99. The number of aliphatic hydroxyl groups is 1. The van der Waals surface area contributed by atoms with Crippen LogP contribution in [0.3, 0.4) is 0 Å². The molecule has 3 aromatic rings. The number of nitrogens with zero attached hydrogens (tertiary/aromatic N) is 2. The molecule has 0 saturated heterocycles. The average molecular weight is 449 g/mol. The maximum atomic E-state index is 13.4. The summed E-state index contributed by atoms with van der Waals surface area (Å²) in [4.78, 5) is 27.5. The highest BCUT2D eigenvalue weighted by Crippen LogP contribution is 2.42. The zero-order valence-electron chi connectivity index (χ0n) is 17.4. The quantitative estimate of drug-likeness (QED) is 0.374. The third kappa shape index (κ3) is 3.49. The van der Waals surface area contributed by atoms with Gasteiger partial charge in [0.15, 0.2) is 0 Å². The molecule has 0 aliphatic carbocycles. The smallest absolute Gasteiger partial charge is 0.269 e. The molecule has 0 atom stereocenters. The Hall–Kier alpha value is -3.75. The van der Waals surface area contributed by atoms with E-state index in [4.69, 9.17) is 0 Å². The summed E-state index contributed by atoms with van der Waals surface area (Å²) in [6.45, 7) is 0. The number of aliphatic hydroxyl groups excluding tert-OH is 1. The first kappa shape index (κ1) is 21.5. The molecule has 0 spiro atoms. The van der Waals surface area contributed by atoms with Gasteiger partial charge >= 0.3 is 0 Å². The van der Waals surface area contributed by atoms with Crippen molar-refractivity contribution in [1.29, 1.82) is 0 Å². The Morgan fingerprint density at radius 3 is 2.00 bits per heavy atom. The Balaban J connectivity index is 1.96. The topological polar surface area (TPSA) is 95.0 Å². The number of carbonyl (C=O) groups excluding carboxylic acids is 2. The number of benzene rings is 3. The number of sulfonamides is 1. The Morgan fingerprint density at radius 1 is 0.875 bits per heavy atom. The Labute approximate surface area is 185 Å². The molecule has 8 heteroatoms. The number of rotatable bonds is 4. The van der Waals surface area contributed by atoms with Gasteiger partial charge in [-0.25, -0.2) is 17.6 Å². The van der Waals surface area contributed by atoms with Crippen molar-refractivity contribution in [1.82, 2.24) is 4.31 Å². The third-order valence-electron chi connectivity index (χ3n) is 5.18. The molecular formula is C24H20N2O5S. The number of hydrogen-bond acceptors (Lipinski definition) is 5. The zero-order chi connectivity index (χ0) is 23.0. The molecule has 1 N–H and O–H groups in total. The van der Waals surface area contributed by atoms with E-state index < -0.39 is 21.8 Å². The van der Waals surface area contributed by atoms with Gasteiger partial charge in [-0.2, -0.15) is 0 Å². The van der Waals surface area contributed by atoms with Crippen LogP contribution in [0.1, 0.15) is 21.5 Å². The second-order valence-electron chi connectivity index (χ2n) is 7.37. The SMILES string of the molecule is CN(C)S(=O)(=O)c1ccc2c(c1)/C(=C(/O)c1ccccc1)C(=O)N2C(=O)c1ccccc1. The van der Waals surface area contributed by atoms with Crippen LogP contribution in [0.25, 0.3) is 11.3 Å². The molecule has 0 saturated carbocycles. The van der Waals surface area contributed by atoms with E-state index in [1.165, 1.54) is 32.3 Å². The maximum Gasteiger partial charge on any atom is 0.269 e. The van der Waals surface area contributed by atoms with E-state index in [2.05, 4.69) is 0 Å². The molecule has 32 heavy (non-hydrogen) atoms. The summed E-state index contributed by atoms with van der Waals surface area (Å²) < 4.78 is 26.4. The van der Waals surface area contributed by atoms with Crippen LogP contribution in [0.15, 0.2) is 83.8 Å². The van der Waals surface area contributed by atoms with Crippen molar-refractivity contribution in [3.05, 3.63) is 95.6 Å². The van der Waals surface area contributed by atoms with Crippen molar-refractivity contribution in [2.75, 3.05) is 19.0 Å². The van der Waals surface area contributed by atoms with E-state index in [9.17, 15) is 23.1 Å². The highest BCUT2D eigenvalue weighted by Gasteiger charge is 2.40. The lowest BCUT2D eigenvalue weighted by Crippen LogP contribution is -2.33. The van der Waals surface area contributed by atoms with Crippen molar-refractivity contribution >= 4 is 38.9 Å². The van der Waals surface area contributed by atoms with Gasteiger partial charge in [-0.05, 0) is 30.3 Å². The molecule has 162 valence electrons. The second-order valence-corrected chi connectivity index (χ2v) is 9.52. The molecule has 0 unspecified atom stereocenters. The van der Waals surface area contributed by atoms with Crippen LogP contribution in [0.2, 0.25) is 0 Å². The minimum Gasteiger partial charge on any atom is -0.506 e. The van der Waals surface area contributed by atoms with Crippen LogP contribution >= 0.6 is 0 Å². The molecule has 4 rings (SSSR count). The molecule has 0 radical (unpaired) electrons. The summed E-state index contributed by atoms with van der Waals surface area (Å²) in [6.07, 6.45) is 0. The van der Waals surface area contributed by atoms with E-state index in [1.54, 1.807) is 60.7 Å². The fraction of sp³-hybridized carbons (Fsp3) is 0.0833. The summed E-state index contributed by atoms with van der Waals surface area (Å²) in [5.74, 6) is -1.63. The van der Waals surface area contributed by atoms with Gasteiger partial charge in [0, 0.05) is 30.8 Å². The summed E-state index contributed by atoms with van der Waals surface area (Å²) in [5, 5.41) is 11.0. The summed E-state index contributed by atoms with van der Waals surface area (Å²) >= 11 is 0. The van der Waals surface area contributed by atoms with E-state index in [0.29, 0.717) is 5.56 Å². The Bertz CT molecular complexity index is 1350. The molecule has 0 fully saturated rings. The molecule has 2 amide bonds. The number of fused-ring (bicyclic) bond motifs is 1. The molecule has 1 heterocycles. The minimum atomic E-state index is -3.81. The van der Waals surface area contributed by atoms with Crippen LogP contribution < -0.4 is 4.90 Å². The molecule has 1 aliphatic rings. The Kier molecular flexibility index (Phi) is 5.41. The average Bonchev–Trinajstić information content (AvgIpc) is 3.10. The van der Waals surface area contributed by atoms with Gasteiger partial charge in [0.2, 0.25) is 10.0 Å². The number of imide groups is 1. The van der Waals surface area contributed by atoms with E-state index in [1.807, 2.05) is 0 Å². The monoisotopic (exact) mass is 448 g/mol. The van der Waals surface area contributed by atoms with Gasteiger partial charge in [0.1, 0.15) is 5.76 Å². The number of carbonyl (C=O) groups is 2. The first-order chi connectivity index (χ1) is 15.2. The predicted molar refractivity (Wildman–Crippen MR) is 121 cm³/mol. The molecule has 0 bridgehead atoms. The first-order valence-electron chi connectivity index (χ1n) is 9.73. The van der Waals surface area contributed by atoms with Crippen LogP contribution in [0.5, 0.6) is 0 Å². The van der Waals surface area contributed by atoms with Crippen LogP contribution in [0, 0.1) is 0 Å². The number of hydrogen-bond donors (Lipinski definition) is 1. The predicted octanol–water partition coefficient (Wildman–Crippen LogP) is 3.55. The van der Waals surface area contributed by atoms with Gasteiger partial charge in [-0.1, -0.05) is 48.5 Å². The van der Waals surface area contributed by atoms with Gasteiger partial charge in [-0.3, -0.25) is 9.59 Å². The van der Waals surface area contributed by atoms with Crippen molar-refractivity contribution in [3.8, 4) is 0 Å². The van der Waals surface area contributed by atoms with E-state index in [0.717, 1.165) is 9.21 Å².